The predicted molar refractivity (Wildman–Crippen MR) is 110 cm³/mol. The van der Waals surface area contributed by atoms with E-state index >= 15 is 0 Å². The maximum Gasteiger partial charge on any atom is 0.233 e. The van der Waals surface area contributed by atoms with Gasteiger partial charge in [-0.2, -0.15) is 0 Å². The first kappa shape index (κ1) is 18.1. The second-order valence-electron chi connectivity index (χ2n) is 7.15. The summed E-state index contributed by atoms with van der Waals surface area (Å²) in [5.41, 5.74) is 0.716. The lowest BCUT2D eigenvalue weighted by Crippen LogP contribution is -2.72. The maximum atomic E-state index is 13.2. The number of anilines is 1. The molecule has 27 heavy (non-hydrogen) atoms. The average Bonchev–Trinajstić information content (AvgIpc) is 2.60. The van der Waals surface area contributed by atoms with E-state index in [0.717, 1.165) is 17.0 Å². The Morgan fingerprint density at radius 2 is 2.00 bits per heavy atom. The number of nitrogens with zero attached hydrogens (tertiary/aromatic N) is 2. The number of carbonyl (C=O) groups excluding carboxylic acids is 1. The van der Waals surface area contributed by atoms with Crippen LogP contribution in [0.25, 0.3) is 0 Å². The van der Waals surface area contributed by atoms with Crippen molar-refractivity contribution in [3.8, 4) is 5.75 Å². The fraction of sp³-hybridized carbons (Fsp3) is 0.300. The van der Waals surface area contributed by atoms with Crippen LogP contribution in [0.2, 0.25) is 5.02 Å². The summed E-state index contributed by atoms with van der Waals surface area (Å²) in [6.07, 6.45) is 0. The molecule has 5 nitrogen and oxygen atoms in total. The quantitative estimate of drug-likeness (QED) is 0.779. The molecule has 2 aliphatic rings. The molecule has 1 saturated heterocycles. The van der Waals surface area contributed by atoms with Crippen molar-refractivity contribution < 1.29 is 9.53 Å². The molecule has 2 heterocycles. The number of fused-ring (bicyclic) bond motifs is 4. The van der Waals surface area contributed by atoms with Gasteiger partial charge in [-0.3, -0.25) is 9.69 Å². The number of thiocarbonyl (C=S) groups is 1. The molecular weight excluding hydrogens is 382 g/mol. The Balaban J connectivity index is 1.92. The van der Waals surface area contributed by atoms with E-state index in [-0.39, 0.29) is 11.9 Å². The fourth-order valence-corrected chi connectivity index (χ4v) is 4.59. The Morgan fingerprint density at radius 3 is 2.70 bits per heavy atom. The van der Waals surface area contributed by atoms with Crippen molar-refractivity contribution in [2.45, 2.75) is 18.7 Å². The second kappa shape index (κ2) is 6.39. The normalized spacial score (nSPS) is 25.9. The minimum Gasteiger partial charge on any atom is -0.467 e. The van der Waals surface area contributed by atoms with Crippen LogP contribution < -0.4 is 15.0 Å². The second-order valence-corrected chi connectivity index (χ2v) is 7.97. The summed E-state index contributed by atoms with van der Waals surface area (Å²) < 4.78 is 6.46. The van der Waals surface area contributed by atoms with Gasteiger partial charge in [0.05, 0.1) is 6.04 Å². The van der Waals surface area contributed by atoms with E-state index < -0.39 is 11.6 Å². The number of hydrogen-bond donors (Lipinski definition) is 1. The Kier molecular flexibility index (Phi) is 4.28. The summed E-state index contributed by atoms with van der Waals surface area (Å²) in [6, 6.07) is 14.9. The van der Waals surface area contributed by atoms with Gasteiger partial charge in [0.2, 0.25) is 5.91 Å². The fourth-order valence-electron chi connectivity index (χ4n) is 3.99. The Labute approximate surface area is 168 Å². The number of para-hydroxylation sites is 1. The van der Waals surface area contributed by atoms with Crippen LogP contribution in [-0.2, 0) is 4.79 Å². The van der Waals surface area contributed by atoms with Crippen molar-refractivity contribution in [1.29, 1.82) is 0 Å². The largest absolute Gasteiger partial charge is 0.467 e. The lowest BCUT2D eigenvalue weighted by Gasteiger charge is -2.56. The zero-order chi connectivity index (χ0) is 19.3. The van der Waals surface area contributed by atoms with E-state index in [0.29, 0.717) is 10.1 Å². The van der Waals surface area contributed by atoms with Gasteiger partial charge in [-0.1, -0.05) is 35.9 Å². The summed E-state index contributed by atoms with van der Waals surface area (Å²) in [6.45, 7) is 1.91. The Bertz CT molecular complexity index is 935. The number of hydrogen-bond acceptors (Lipinski definition) is 3. The molecule has 0 saturated carbocycles. The van der Waals surface area contributed by atoms with Crippen LogP contribution in [0.5, 0.6) is 5.75 Å². The van der Waals surface area contributed by atoms with Crippen LogP contribution >= 0.6 is 23.8 Å². The molecule has 0 aliphatic carbocycles. The third-order valence-corrected chi connectivity index (χ3v) is 5.72. The topological polar surface area (TPSA) is 44.8 Å². The van der Waals surface area contributed by atoms with Gasteiger partial charge in [0.15, 0.2) is 10.8 Å². The molecule has 0 spiro atoms. The van der Waals surface area contributed by atoms with Gasteiger partial charge >= 0.3 is 0 Å². The molecular formula is C20H20ClN3O2S. The van der Waals surface area contributed by atoms with Crippen LogP contribution in [-0.4, -0.2) is 35.7 Å². The van der Waals surface area contributed by atoms with Crippen molar-refractivity contribution >= 4 is 40.5 Å². The van der Waals surface area contributed by atoms with Crippen LogP contribution in [0, 0.1) is 5.92 Å². The molecule has 2 aromatic carbocycles. The third kappa shape index (κ3) is 2.75. The zero-order valence-corrected chi connectivity index (χ0v) is 16.8. The zero-order valence-electron chi connectivity index (χ0n) is 15.3. The van der Waals surface area contributed by atoms with Gasteiger partial charge in [-0.15, -0.1) is 0 Å². The minimum absolute atomic E-state index is 0.0287. The summed E-state index contributed by atoms with van der Waals surface area (Å²) >= 11 is 11.9. The van der Waals surface area contributed by atoms with Gasteiger partial charge in [0, 0.05) is 30.4 Å². The molecule has 1 amide bonds. The molecule has 140 valence electrons. The summed E-state index contributed by atoms with van der Waals surface area (Å²) in [4.78, 5) is 16.6. The highest BCUT2D eigenvalue weighted by Gasteiger charge is 2.59. The smallest absolute Gasteiger partial charge is 0.233 e. The van der Waals surface area contributed by atoms with Crippen molar-refractivity contribution in [2.75, 3.05) is 19.0 Å². The van der Waals surface area contributed by atoms with Crippen molar-refractivity contribution in [3.05, 3.63) is 59.1 Å². The highest BCUT2D eigenvalue weighted by Crippen LogP contribution is 2.49. The van der Waals surface area contributed by atoms with Crippen LogP contribution in [0.3, 0.4) is 0 Å². The number of carbonyl (C=O) groups is 1. The van der Waals surface area contributed by atoms with Gasteiger partial charge in [-0.05, 0) is 43.4 Å². The molecule has 1 N–H and O–H groups in total. The van der Waals surface area contributed by atoms with Crippen LogP contribution in [0.4, 0.5) is 5.69 Å². The number of amides is 1. The number of nitrogens with one attached hydrogen (secondary N) is 1. The molecule has 2 bridgehead atoms. The molecule has 0 radical (unpaired) electrons. The number of halogens is 1. The van der Waals surface area contributed by atoms with E-state index in [4.69, 9.17) is 28.6 Å². The standard InChI is InChI=1S/C20H20ClN3O2S/c1-20-16(18(25)23(2)3)17(14-9-4-5-10-15(14)26-20)22-19(27)24(20)13-8-6-7-12(21)11-13/h4-11,16-17H,1-3H3,(H,22,27)/t16-,17+,20+/m1/s1. The molecule has 3 atom stereocenters. The van der Waals surface area contributed by atoms with E-state index in [1.807, 2.05) is 54.3 Å². The van der Waals surface area contributed by atoms with Gasteiger partial charge < -0.3 is 15.0 Å². The molecule has 2 aromatic rings. The monoisotopic (exact) mass is 401 g/mol. The highest BCUT2D eigenvalue weighted by molar-refractivity contribution is 7.80. The Morgan fingerprint density at radius 1 is 1.26 bits per heavy atom. The minimum atomic E-state index is -0.993. The van der Waals surface area contributed by atoms with E-state index in [2.05, 4.69) is 5.32 Å². The lowest BCUT2D eigenvalue weighted by molar-refractivity contribution is -0.144. The first-order valence-corrected chi connectivity index (χ1v) is 9.47. The van der Waals surface area contributed by atoms with E-state index in [1.165, 1.54) is 0 Å². The van der Waals surface area contributed by atoms with E-state index in [1.54, 1.807) is 25.1 Å². The molecule has 2 aliphatic heterocycles. The predicted octanol–water partition coefficient (Wildman–Crippen LogP) is 3.59. The average molecular weight is 402 g/mol. The molecule has 4 rings (SSSR count). The maximum absolute atomic E-state index is 13.2. The number of ether oxygens (including phenoxy) is 1. The number of rotatable bonds is 2. The van der Waals surface area contributed by atoms with Crippen molar-refractivity contribution in [1.82, 2.24) is 10.2 Å². The van der Waals surface area contributed by atoms with Crippen molar-refractivity contribution in [3.63, 3.8) is 0 Å². The highest BCUT2D eigenvalue weighted by atomic mass is 35.5. The first-order chi connectivity index (χ1) is 12.8. The number of benzene rings is 2. The Hall–Kier alpha value is -2.31. The van der Waals surface area contributed by atoms with Gasteiger partial charge in [0.1, 0.15) is 11.7 Å². The third-order valence-electron chi connectivity index (χ3n) is 5.18. The van der Waals surface area contributed by atoms with E-state index in [9.17, 15) is 4.79 Å². The SMILES string of the molecule is CN(C)C(=O)[C@H]1[C@H]2NC(=S)N(c3cccc(Cl)c3)[C@@]1(C)Oc1ccccc12. The van der Waals surface area contributed by atoms with Gasteiger partial charge in [0.25, 0.3) is 0 Å². The lowest BCUT2D eigenvalue weighted by atomic mass is 9.78. The van der Waals surface area contributed by atoms with Crippen LogP contribution in [0.1, 0.15) is 18.5 Å². The van der Waals surface area contributed by atoms with Gasteiger partial charge in [-0.25, -0.2) is 0 Å². The molecule has 0 unspecified atom stereocenters. The summed E-state index contributed by atoms with van der Waals surface area (Å²) in [5, 5.41) is 4.46. The molecule has 0 aromatic heterocycles. The van der Waals surface area contributed by atoms with Crippen molar-refractivity contribution in [2.24, 2.45) is 5.92 Å². The first-order valence-electron chi connectivity index (χ1n) is 8.68. The molecule has 1 fully saturated rings. The summed E-state index contributed by atoms with van der Waals surface area (Å²) in [5.74, 6) is 0.224. The van der Waals surface area contributed by atoms with Crippen LogP contribution in [0.15, 0.2) is 48.5 Å². The molecule has 7 heteroatoms. The summed E-state index contributed by atoms with van der Waals surface area (Å²) in [7, 11) is 3.51.